The number of piperidine rings is 1. The second kappa shape index (κ2) is 14.2. The molecular formula is C24H41IN4O. The first-order chi connectivity index (χ1) is 14.2. The van der Waals surface area contributed by atoms with Crippen LogP contribution in [0.1, 0.15) is 69.4 Å². The summed E-state index contributed by atoms with van der Waals surface area (Å²) in [6.45, 7) is 7.67. The third-order valence-corrected chi connectivity index (χ3v) is 6.31. The number of nitrogens with zero attached hydrogens (tertiary/aromatic N) is 2. The summed E-state index contributed by atoms with van der Waals surface area (Å²) in [6, 6.07) is 8.83. The molecule has 6 heteroatoms. The van der Waals surface area contributed by atoms with Gasteiger partial charge in [-0.25, -0.2) is 4.99 Å². The third-order valence-electron chi connectivity index (χ3n) is 6.31. The number of rotatable bonds is 9. The van der Waals surface area contributed by atoms with Crippen molar-refractivity contribution in [1.82, 2.24) is 15.5 Å². The molecule has 0 atom stereocenters. The van der Waals surface area contributed by atoms with Crippen molar-refractivity contribution in [2.45, 2.75) is 77.5 Å². The van der Waals surface area contributed by atoms with Gasteiger partial charge < -0.3 is 15.7 Å². The minimum atomic E-state index is -0.103. The van der Waals surface area contributed by atoms with E-state index in [1.807, 2.05) is 0 Å². The first-order valence-electron chi connectivity index (χ1n) is 11.7. The maximum absolute atomic E-state index is 9.64. The Balaban J connectivity index is 0.00000320. The van der Waals surface area contributed by atoms with E-state index in [4.69, 9.17) is 4.99 Å². The van der Waals surface area contributed by atoms with Crippen LogP contribution < -0.4 is 10.6 Å². The number of guanidine groups is 1. The van der Waals surface area contributed by atoms with Gasteiger partial charge in [-0.1, -0.05) is 49.9 Å². The fourth-order valence-corrected chi connectivity index (χ4v) is 4.49. The summed E-state index contributed by atoms with van der Waals surface area (Å²) in [5.41, 5.74) is 2.58. The molecule has 5 nitrogen and oxygen atoms in total. The van der Waals surface area contributed by atoms with E-state index in [-0.39, 0.29) is 30.1 Å². The van der Waals surface area contributed by atoms with Crippen molar-refractivity contribution in [1.29, 1.82) is 0 Å². The molecular weight excluding hydrogens is 487 g/mol. The summed E-state index contributed by atoms with van der Waals surface area (Å²) < 4.78 is 0. The maximum Gasteiger partial charge on any atom is 0.191 e. The van der Waals surface area contributed by atoms with E-state index < -0.39 is 0 Å². The zero-order valence-corrected chi connectivity index (χ0v) is 20.9. The summed E-state index contributed by atoms with van der Waals surface area (Å²) in [6.07, 6.45) is 10.0. The molecule has 3 N–H and O–H groups in total. The topological polar surface area (TPSA) is 59.9 Å². The van der Waals surface area contributed by atoms with Gasteiger partial charge in [0, 0.05) is 32.7 Å². The second-order valence-electron chi connectivity index (χ2n) is 8.74. The molecule has 0 amide bonds. The Kier molecular flexibility index (Phi) is 12.1. The van der Waals surface area contributed by atoms with Crippen LogP contribution in [0.2, 0.25) is 0 Å². The minimum absolute atomic E-state index is 0. The first kappa shape index (κ1) is 25.4. The smallest absolute Gasteiger partial charge is 0.191 e. The molecule has 0 bridgehead atoms. The molecule has 1 aliphatic carbocycles. The van der Waals surface area contributed by atoms with Crippen LogP contribution in [-0.4, -0.2) is 48.2 Å². The Morgan fingerprint density at radius 2 is 1.70 bits per heavy atom. The van der Waals surface area contributed by atoms with Crippen molar-refractivity contribution in [2.24, 2.45) is 10.9 Å². The summed E-state index contributed by atoms with van der Waals surface area (Å²) in [5, 5.41) is 16.5. The molecule has 0 aromatic heterocycles. The van der Waals surface area contributed by atoms with E-state index in [0.29, 0.717) is 6.54 Å². The van der Waals surface area contributed by atoms with Crippen LogP contribution in [0.15, 0.2) is 29.3 Å². The molecule has 0 spiro atoms. The van der Waals surface area contributed by atoms with Crippen molar-refractivity contribution < 1.29 is 5.11 Å². The zero-order chi connectivity index (χ0) is 20.3. The number of halogens is 1. The lowest BCUT2D eigenvalue weighted by Crippen LogP contribution is -2.37. The van der Waals surface area contributed by atoms with E-state index in [0.717, 1.165) is 57.4 Å². The van der Waals surface area contributed by atoms with E-state index in [1.165, 1.54) is 49.7 Å². The molecule has 30 heavy (non-hydrogen) atoms. The zero-order valence-electron chi connectivity index (χ0n) is 18.6. The van der Waals surface area contributed by atoms with Crippen molar-refractivity contribution in [3.8, 4) is 0 Å². The normalized spacial score (nSPS) is 18.9. The predicted octanol–water partition coefficient (Wildman–Crippen LogP) is 4.29. The van der Waals surface area contributed by atoms with Crippen LogP contribution in [0.4, 0.5) is 0 Å². The molecule has 1 aromatic carbocycles. The van der Waals surface area contributed by atoms with Gasteiger partial charge in [0.1, 0.15) is 0 Å². The third kappa shape index (κ3) is 9.10. The molecule has 1 saturated carbocycles. The molecule has 2 aliphatic rings. The Hall–Kier alpha value is -0.860. The SMILES string of the molecule is CCNC(=NCc1ccc(CN2CCC(O)CC2)cc1)NCCCC1CCCC1.I. The van der Waals surface area contributed by atoms with Gasteiger partial charge in [-0.2, -0.15) is 0 Å². The highest BCUT2D eigenvalue weighted by atomic mass is 127. The number of likely N-dealkylation sites (tertiary alicyclic amines) is 1. The number of aliphatic imine (C=N–C) groups is 1. The predicted molar refractivity (Wildman–Crippen MR) is 136 cm³/mol. The highest BCUT2D eigenvalue weighted by Gasteiger charge is 2.17. The van der Waals surface area contributed by atoms with Gasteiger partial charge in [0.15, 0.2) is 5.96 Å². The van der Waals surface area contributed by atoms with Crippen molar-refractivity contribution >= 4 is 29.9 Å². The number of nitrogens with one attached hydrogen (secondary N) is 2. The van der Waals surface area contributed by atoms with Gasteiger partial charge in [0.25, 0.3) is 0 Å². The van der Waals surface area contributed by atoms with Crippen molar-refractivity contribution in [3.05, 3.63) is 35.4 Å². The monoisotopic (exact) mass is 528 g/mol. The van der Waals surface area contributed by atoms with Crippen LogP contribution in [0.3, 0.4) is 0 Å². The van der Waals surface area contributed by atoms with Gasteiger partial charge in [0.05, 0.1) is 12.6 Å². The van der Waals surface area contributed by atoms with Crippen LogP contribution in [0, 0.1) is 5.92 Å². The largest absolute Gasteiger partial charge is 0.393 e. The summed E-state index contributed by atoms with van der Waals surface area (Å²) >= 11 is 0. The molecule has 3 rings (SSSR count). The molecule has 170 valence electrons. The standard InChI is InChI=1S/C24H40N4O.HI/c1-2-25-24(26-15-5-8-20-6-3-4-7-20)27-18-21-9-11-22(12-10-21)19-28-16-13-23(29)14-17-28;/h9-12,20,23,29H,2-8,13-19H2,1H3,(H2,25,26,27);1H. The van der Waals surface area contributed by atoms with Crippen molar-refractivity contribution in [2.75, 3.05) is 26.2 Å². The van der Waals surface area contributed by atoms with E-state index in [9.17, 15) is 5.11 Å². The van der Waals surface area contributed by atoms with E-state index >= 15 is 0 Å². The number of benzene rings is 1. The number of aliphatic hydroxyl groups excluding tert-OH is 1. The highest BCUT2D eigenvalue weighted by molar-refractivity contribution is 14.0. The Morgan fingerprint density at radius 3 is 2.37 bits per heavy atom. The van der Waals surface area contributed by atoms with Gasteiger partial charge in [-0.15, -0.1) is 24.0 Å². The number of hydrogen-bond acceptors (Lipinski definition) is 3. The average Bonchev–Trinajstić information content (AvgIpc) is 3.25. The molecule has 0 unspecified atom stereocenters. The summed E-state index contributed by atoms with van der Waals surface area (Å²) in [4.78, 5) is 7.19. The van der Waals surface area contributed by atoms with Crippen molar-refractivity contribution in [3.63, 3.8) is 0 Å². The summed E-state index contributed by atoms with van der Waals surface area (Å²) in [5.74, 6) is 1.89. The molecule has 0 radical (unpaired) electrons. The fourth-order valence-electron chi connectivity index (χ4n) is 4.49. The fraction of sp³-hybridized carbons (Fsp3) is 0.708. The van der Waals surface area contributed by atoms with E-state index in [1.54, 1.807) is 0 Å². The van der Waals surface area contributed by atoms with Gasteiger partial charge >= 0.3 is 0 Å². The maximum atomic E-state index is 9.64. The molecule has 1 aliphatic heterocycles. The lowest BCUT2D eigenvalue weighted by molar-refractivity contribution is 0.0792. The first-order valence-corrected chi connectivity index (χ1v) is 11.7. The average molecular weight is 529 g/mol. The van der Waals surface area contributed by atoms with Gasteiger partial charge in [-0.05, 0) is 49.7 Å². The Labute approximate surface area is 200 Å². The Morgan fingerprint density at radius 1 is 1.03 bits per heavy atom. The van der Waals surface area contributed by atoms with Crippen LogP contribution in [0.5, 0.6) is 0 Å². The lowest BCUT2D eigenvalue weighted by Gasteiger charge is -2.29. The van der Waals surface area contributed by atoms with Crippen LogP contribution >= 0.6 is 24.0 Å². The minimum Gasteiger partial charge on any atom is -0.393 e. The molecule has 1 aromatic rings. The highest BCUT2D eigenvalue weighted by Crippen LogP contribution is 2.28. The van der Waals surface area contributed by atoms with Crippen LogP contribution in [-0.2, 0) is 13.1 Å². The molecule has 1 heterocycles. The number of hydrogen-bond donors (Lipinski definition) is 3. The quantitative estimate of drug-likeness (QED) is 0.194. The lowest BCUT2D eigenvalue weighted by atomic mass is 10.0. The van der Waals surface area contributed by atoms with Crippen LogP contribution in [0.25, 0.3) is 0 Å². The van der Waals surface area contributed by atoms with Gasteiger partial charge in [0.2, 0.25) is 0 Å². The number of aliphatic hydroxyl groups is 1. The molecule has 2 fully saturated rings. The Bertz CT molecular complexity index is 608. The molecule has 1 saturated heterocycles. The van der Waals surface area contributed by atoms with Gasteiger partial charge in [-0.3, -0.25) is 4.90 Å². The van der Waals surface area contributed by atoms with E-state index in [2.05, 4.69) is 46.7 Å². The second-order valence-corrected chi connectivity index (χ2v) is 8.74. The summed E-state index contributed by atoms with van der Waals surface area (Å²) in [7, 11) is 0.